The fourth-order valence-electron chi connectivity index (χ4n) is 1.83. The van der Waals surface area contributed by atoms with Gasteiger partial charge in [-0.15, -0.1) is 0 Å². The zero-order valence-electron chi connectivity index (χ0n) is 10.7. The molecule has 98 valence electrons. The van der Waals surface area contributed by atoms with Crippen LogP contribution in [-0.2, 0) is 6.54 Å². The van der Waals surface area contributed by atoms with E-state index in [4.69, 9.17) is 5.26 Å². The van der Waals surface area contributed by atoms with Crippen LogP contribution in [0.2, 0.25) is 0 Å². The Balaban J connectivity index is 2.09. The van der Waals surface area contributed by atoms with Crippen molar-refractivity contribution in [3.8, 4) is 6.07 Å². The van der Waals surface area contributed by atoms with E-state index in [0.717, 1.165) is 5.56 Å². The molecule has 0 radical (unpaired) electrons. The van der Waals surface area contributed by atoms with E-state index in [0.29, 0.717) is 29.5 Å². The first-order valence-corrected chi connectivity index (χ1v) is 6.06. The molecule has 0 aliphatic carbocycles. The highest BCUT2D eigenvalue weighted by Crippen LogP contribution is 2.07. The average molecular weight is 264 g/mol. The predicted octanol–water partition coefficient (Wildman–Crippen LogP) is 2.30. The predicted molar refractivity (Wildman–Crippen MR) is 74.2 cm³/mol. The first-order chi connectivity index (χ1) is 9.74. The van der Waals surface area contributed by atoms with E-state index in [1.54, 1.807) is 42.5 Å². The van der Waals surface area contributed by atoms with Crippen LogP contribution in [0.5, 0.6) is 0 Å². The van der Waals surface area contributed by atoms with Gasteiger partial charge in [-0.25, -0.2) is 0 Å². The van der Waals surface area contributed by atoms with Crippen molar-refractivity contribution in [1.29, 1.82) is 5.26 Å². The normalized spacial score (nSPS) is 9.55. The van der Waals surface area contributed by atoms with E-state index >= 15 is 0 Å². The molecule has 0 bridgehead atoms. The minimum Gasteiger partial charge on any atom is -0.348 e. The zero-order chi connectivity index (χ0) is 14.4. The van der Waals surface area contributed by atoms with Crippen LogP contribution in [0.15, 0.2) is 48.5 Å². The molecule has 4 nitrogen and oxygen atoms in total. The SMILES string of the molecule is N#Cc1cccc(CNC(=O)c2ccccc2C=O)c1. The summed E-state index contributed by atoms with van der Waals surface area (Å²) in [4.78, 5) is 22.9. The van der Waals surface area contributed by atoms with Crippen molar-refractivity contribution in [2.75, 3.05) is 0 Å². The van der Waals surface area contributed by atoms with E-state index in [1.807, 2.05) is 12.1 Å². The lowest BCUT2D eigenvalue weighted by Gasteiger charge is -2.07. The summed E-state index contributed by atoms with van der Waals surface area (Å²) in [7, 11) is 0. The van der Waals surface area contributed by atoms with E-state index in [1.165, 1.54) is 0 Å². The molecule has 0 spiro atoms. The van der Waals surface area contributed by atoms with Crippen molar-refractivity contribution in [1.82, 2.24) is 5.32 Å². The fraction of sp³-hybridized carbons (Fsp3) is 0.0625. The summed E-state index contributed by atoms with van der Waals surface area (Å²) < 4.78 is 0. The van der Waals surface area contributed by atoms with Crippen LogP contribution in [0, 0.1) is 11.3 Å². The molecule has 0 aromatic heterocycles. The highest BCUT2D eigenvalue weighted by Gasteiger charge is 2.09. The number of aldehydes is 1. The number of nitrogens with one attached hydrogen (secondary N) is 1. The largest absolute Gasteiger partial charge is 0.348 e. The van der Waals surface area contributed by atoms with Crippen molar-refractivity contribution in [2.45, 2.75) is 6.54 Å². The number of benzene rings is 2. The summed E-state index contributed by atoms with van der Waals surface area (Å²) in [6, 6.07) is 15.7. The number of carbonyl (C=O) groups excluding carboxylic acids is 2. The minimum absolute atomic E-state index is 0.307. The van der Waals surface area contributed by atoms with Gasteiger partial charge in [0, 0.05) is 17.7 Å². The minimum atomic E-state index is -0.310. The molecule has 0 unspecified atom stereocenters. The maximum atomic E-state index is 12.0. The number of hydrogen-bond acceptors (Lipinski definition) is 3. The Morgan fingerprint density at radius 1 is 1.20 bits per heavy atom. The summed E-state index contributed by atoms with van der Waals surface area (Å²) in [5, 5.41) is 11.5. The Morgan fingerprint density at radius 2 is 2.00 bits per heavy atom. The lowest BCUT2D eigenvalue weighted by molar-refractivity contribution is 0.0945. The second-order valence-corrected chi connectivity index (χ2v) is 4.20. The topological polar surface area (TPSA) is 70.0 Å². The van der Waals surface area contributed by atoms with Crippen LogP contribution < -0.4 is 5.32 Å². The van der Waals surface area contributed by atoms with Gasteiger partial charge in [0.15, 0.2) is 6.29 Å². The standard InChI is InChI=1S/C16H12N2O2/c17-9-12-4-3-5-13(8-12)10-18-16(20)15-7-2-1-6-14(15)11-19/h1-8,11H,10H2,(H,18,20). The zero-order valence-corrected chi connectivity index (χ0v) is 10.7. The van der Waals surface area contributed by atoms with Gasteiger partial charge in [-0.05, 0) is 23.8 Å². The van der Waals surface area contributed by atoms with Gasteiger partial charge in [0.05, 0.1) is 11.6 Å². The van der Waals surface area contributed by atoms with Crippen LogP contribution in [0.25, 0.3) is 0 Å². The molecule has 0 saturated carbocycles. The number of rotatable bonds is 4. The van der Waals surface area contributed by atoms with Gasteiger partial charge >= 0.3 is 0 Å². The van der Waals surface area contributed by atoms with Crippen LogP contribution in [0.1, 0.15) is 31.8 Å². The van der Waals surface area contributed by atoms with Gasteiger partial charge in [-0.2, -0.15) is 5.26 Å². The van der Waals surface area contributed by atoms with Gasteiger partial charge < -0.3 is 5.32 Å². The molecule has 0 fully saturated rings. The third-order valence-electron chi connectivity index (χ3n) is 2.84. The average Bonchev–Trinajstić information content (AvgIpc) is 2.52. The molecule has 2 aromatic rings. The molecule has 1 N–H and O–H groups in total. The van der Waals surface area contributed by atoms with Crippen molar-refractivity contribution in [3.05, 3.63) is 70.8 Å². The molecule has 4 heteroatoms. The Hall–Kier alpha value is -2.93. The lowest BCUT2D eigenvalue weighted by Crippen LogP contribution is -2.23. The smallest absolute Gasteiger partial charge is 0.252 e. The highest BCUT2D eigenvalue weighted by atomic mass is 16.1. The highest BCUT2D eigenvalue weighted by molar-refractivity contribution is 6.01. The first kappa shape index (κ1) is 13.5. The number of nitriles is 1. The molecule has 0 atom stereocenters. The second-order valence-electron chi connectivity index (χ2n) is 4.20. The monoisotopic (exact) mass is 264 g/mol. The van der Waals surface area contributed by atoms with Gasteiger partial charge in [0.25, 0.3) is 5.91 Å². The van der Waals surface area contributed by atoms with Gasteiger partial charge in [-0.1, -0.05) is 30.3 Å². The Morgan fingerprint density at radius 3 is 2.75 bits per heavy atom. The maximum absolute atomic E-state index is 12.0. The number of nitrogens with zero attached hydrogens (tertiary/aromatic N) is 1. The molecular weight excluding hydrogens is 252 g/mol. The van der Waals surface area contributed by atoms with E-state index in [2.05, 4.69) is 5.32 Å². The first-order valence-electron chi connectivity index (χ1n) is 6.06. The van der Waals surface area contributed by atoms with Gasteiger partial charge in [0.2, 0.25) is 0 Å². The van der Waals surface area contributed by atoms with Crippen molar-refractivity contribution >= 4 is 12.2 Å². The molecule has 0 aliphatic rings. The summed E-state index contributed by atoms with van der Waals surface area (Å²) in [5.41, 5.74) is 2.08. The third-order valence-corrected chi connectivity index (χ3v) is 2.84. The molecular formula is C16H12N2O2. The molecule has 1 amide bonds. The molecule has 20 heavy (non-hydrogen) atoms. The third kappa shape index (κ3) is 3.09. The lowest BCUT2D eigenvalue weighted by atomic mass is 10.1. The van der Waals surface area contributed by atoms with Gasteiger partial charge in [-0.3, -0.25) is 9.59 Å². The maximum Gasteiger partial charge on any atom is 0.252 e. The second kappa shape index (κ2) is 6.30. The summed E-state index contributed by atoms with van der Waals surface area (Å²) >= 11 is 0. The Bertz CT molecular complexity index is 687. The van der Waals surface area contributed by atoms with Crippen LogP contribution in [0.4, 0.5) is 0 Å². The summed E-state index contributed by atoms with van der Waals surface area (Å²) in [6.07, 6.45) is 0.658. The quantitative estimate of drug-likeness (QED) is 0.861. The summed E-state index contributed by atoms with van der Waals surface area (Å²) in [5.74, 6) is -0.310. The molecule has 2 rings (SSSR count). The van der Waals surface area contributed by atoms with Crippen LogP contribution in [0.3, 0.4) is 0 Å². The molecule has 0 aliphatic heterocycles. The Labute approximate surface area is 116 Å². The van der Waals surface area contributed by atoms with E-state index in [-0.39, 0.29) is 5.91 Å². The van der Waals surface area contributed by atoms with E-state index in [9.17, 15) is 9.59 Å². The number of hydrogen-bond donors (Lipinski definition) is 1. The van der Waals surface area contributed by atoms with E-state index < -0.39 is 0 Å². The number of carbonyl (C=O) groups is 2. The van der Waals surface area contributed by atoms with Crippen LogP contribution in [-0.4, -0.2) is 12.2 Å². The summed E-state index contributed by atoms with van der Waals surface area (Å²) in [6.45, 7) is 0.307. The fourth-order valence-corrected chi connectivity index (χ4v) is 1.83. The number of amides is 1. The van der Waals surface area contributed by atoms with Gasteiger partial charge in [0.1, 0.15) is 0 Å². The van der Waals surface area contributed by atoms with Crippen molar-refractivity contribution < 1.29 is 9.59 Å². The molecule has 0 saturated heterocycles. The van der Waals surface area contributed by atoms with Crippen molar-refractivity contribution in [2.24, 2.45) is 0 Å². The van der Waals surface area contributed by atoms with Crippen molar-refractivity contribution in [3.63, 3.8) is 0 Å². The Kier molecular flexibility index (Phi) is 4.25. The molecule has 2 aromatic carbocycles. The molecule has 0 heterocycles. The van der Waals surface area contributed by atoms with Crippen LogP contribution >= 0.6 is 0 Å².